The van der Waals surface area contributed by atoms with Gasteiger partial charge in [0.25, 0.3) is 5.91 Å². The van der Waals surface area contributed by atoms with Crippen LogP contribution in [0, 0.1) is 0 Å². The summed E-state index contributed by atoms with van der Waals surface area (Å²) in [7, 11) is 1.73. The van der Waals surface area contributed by atoms with Gasteiger partial charge in [-0.05, 0) is 42.0 Å². The lowest BCUT2D eigenvalue weighted by atomic mass is 10.2. The Bertz CT molecular complexity index is 901. The predicted molar refractivity (Wildman–Crippen MR) is 102 cm³/mol. The molecule has 0 fully saturated rings. The second-order valence-electron chi connectivity index (χ2n) is 5.93. The largest absolute Gasteiger partial charge is 0.489 e. The van der Waals surface area contributed by atoms with Gasteiger partial charge in [0.05, 0.1) is 0 Å². The zero-order valence-corrected chi connectivity index (χ0v) is 14.9. The summed E-state index contributed by atoms with van der Waals surface area (Å²) in [5, 5.41) is 2.68. The monoisotopic (exact) mass is 364 g/mol. The first kappa shape index (κ1) is 18.3. The molecule has 2 aromatic carbocycles. The number of nitrogens with one attached hydrogen (secondary N) is 1. The van der Waals surface area contributed by atoms with Gasteiger partial charge >= 0.3 is 5.97 Å². The van der Waals surface area contributed by atoms with Gasteiger partial charge in [-0.2, -0.15) is 0 Å². The SMILES string of the molecule is Cn1cccc1C(=O)OCC(=O)Nc1ccc(OCc2ccccc2)cc1. The number of carbonyl (C=O) groups is 2. The zero-order valence-electron chi connectivity index (χ0n) is 14.9. The minimum Gasteiger partial charge on any atom is -0.489 e. The van der Waals surface area contributed by atoms with Crippen molar-refractivity contribution in [3.63, 3.8) is 0 Å². The Hall–Kier alpha value is -3.54. The highest BCUT2D eigenvalue weighted by Gasteiger charge is 2.12. The van der Waals surface area contributed by atoms with E-state index in [4.69, 9.17) is 9.47 Å². The average molecular weight is 364 g/mol. The van der Waals surface area contributed by atoms with Gasteiger partial charge in [0.2, 0.25) is 0 Å². The van der Waals surface area contributed by atoms with E-state index in [1.54, 1.807) is 54.2 Å². The van der Waals surface area contributed by atoms with Crippen molar-refractivity contribution in [1.82, 2.24) is 4.57 Å². The van der Waals surface area contributed by atoms with Gasteiger partial charge in [-0.25, -0.2) is 4.79 Å². The summed E-state index contributed by atoms with van der Waals surface area (Å²) in [6.45, 7) is 0.123. The summed E-state index contributed by atoms with van der Waals surface area (Å²) in [5.41, 5.74) is 2.07. The second-order valence-corrected chi connectivity index (χ2v) is 5.93. The maximum Gasteiger partial charge on any atom is 0.355 e. The van der Waals surface area contributed by atoms with Crippen molar-refractivity contribution >= 4 is 17.6 Å². The van der Waals surface area contributed by atoms with Gasteiger partial charge in [-0.3, -0.25) is 4.79 Å². The number of hydrogen-bond acceptors (Lipinski definition) is 4. The van der Waals surface area contributed by atoms with Crippen molar-refractivity contribution in [2.45, 2.75) is 6.61 Å². The quantitative estimate of drug-likeness (QED) is 0.653. The van der Waals surface area contributed by atoms with Crippen molar-refractivity contribution < 1.29 is 19.1 Å². The maximum atomic E-state index is 11.9. The fraction of sp³-hybridized carbons (Fsp3) is 0.143. The Morgan fingerprint density at radius 3 is 2.37 bits per heavy atom. The molecule has 0 spiro atoms. The molecule has 1 N–H and O–H groups in total. The average Bonchev–Trinajstić information content (AvgIpc) is 3.12. The summed E-state index contributed by atoms with van der Waals surface area (Å²) in [6, 6.07) is 20.2. The van der Waals surface area contributed by atoms with Crippen LogP contribution in [-0.2, 0) is 23.2 Å². The molecule has 0 radical (unpaired) electrons. The van der Waals surface area contributed by atoms with E-state index in [1.165, 1.54) is 0 Å². The second kappa shape index (κ2) is 8.71. The van der Waals surface area contributed by atoms with Crippen LogP contribution in [-0.4, -0.2) is 23.1 Å². The lowest BCUT2D eigenvalue weighted by molar-refractivity contribution is -0.119. The number of hydrogen-bond donors (Lipinski definition) is 1. The van der Waals surface area contributed by atoms with E-state index in [1.807, 2.05) is 30.3 Å². The summed E-state index contributed by atoms with van der Waals surface area (Å²) in [4.78, 5) is 23.8. The summed E-state index contributed by atoms with van der Waals surface area (Å²) in [5.74, 6) is -0.246. The van der Waals surface area contributed by atoms with Gasteiger partial charge in [0.1, 0.15) is 18.1 Å². The Morgan fingerprint density at radius 1 is 0.963 bits per heavy atom. The summed E-state index contributed by atoms with van der Waals surface area (Å²) in [6.07, 6.45) is 1.73. The van der Waals surface area contributed by atoms with Gasteiger partial charge in [0, 0.05) is 18.9 Å². The van der Waals surface area contributed by atoms with Crippen molar-refractivity contribution in [2.75, 3.05) is 11.9 Å². The molecule has 0 aliphatic carbocycles. The van der Waals surface area contributed by atoms with Crippen molar-refractivity contribution in [1.29, 1.82) is 0 Å². The summed E-state index contributed by atoms with van der Waals surface area (Å²) >= 11 is 0. The van der Waals surface area contributed by atoms with Crippen LogP contribution >= 0.6 is 0 Å². The number of amides is 1. The third-order valence-corrected chi connectivity index (χ3v) is 3.87. The molecule has 0 atom stereocenters. The van der Waals surface area contributed by atoms with Crippen LogP contribution in [0.25, 0.3) is 0 Å². The minimum absolute atomic E-state index is 0.351. The van der Waals surface area contributed by atoms with E-state index < -0.39 is 11.9 Å². The molecule has 0 saturated carbocycles. The van der Waals surface area contributed by atoms with Crippen LogP contribution in [0.1, 0.15) is 16.1 Å². The van der Waals surface area contributed by atoms with Crippen LogP contribution in [0.2, 0.25) is 0 Å². The summed E-state index contributed by atoms with van der Waals surface area (Å²) < 4.78 is 12.3. The smallest absolute Gasteiger partial charge is 0.355 e. The van der Waals surface area contributed by atoms with E-state index in [0.29, 0.717) is 23.7 Å². The number of rotatable bonds is 7. The van der Waals surface area contributed by atoms with E-state index in [9.17, 15) is 9.59 Å². The fourth-order valence-electron chi connectivity index (χ4n) is 2.45. The van der Waals surface area contributed by atoms with Crippen LogP contribution in [0.5, 0.6) is 5.75 Å². The maximum absolute atomic E-state index is 11.9. The van der Waals surface area contributed by atoms with Crippen LogP contribution in [0.3, 0.4) is 0 Å². The highest BCUT2D eigenvalue weighted by molar-refractivity contribution is 5.95. The number of carbonyl (C=O) groups excluding carboxylic acids is 2. The van der Waals surface area contributed by atoms with E-state index in [0.717, 1.165) is 5.56 Å². The molecular formula is C21H20N2O4. The molecule has 3 rings (SSSR count). The topological polar surface area (TPSA) is 69.6 Å². The van der Waals surface area contributed by atoms with E-state index >= 15 is 0 Å². The van der Waals surface area contributed by atoms with Crippen LogP contribution in [0.4, 0.5) is 5.69 Å². The molecule has 1 aromatic heterocycles. The third-order valence-electron chi connectivity index (χ3n) is 3.87. The molecule has 6 nitrogen and oxygen atoms in total. The molecule has 138 valence electrons. The minimum atomic E-state index is -0.540. The Balaban J connectivity index is 1.45. The molecule has 0 unspecified atom stereocenters. The number of aromatic nitrogens is 1. The standard InChI is InChI=1S/C21H20N2O4/c1-23-13-5-8-19(23)21(25)27-15-20(24)22-17-9-11-18(12-10-17)26-14-16-6-3-2-4-7-16/h2-13H,14-15H2,1H3,(H,22,24). The molecule has 0 bridgehead atoms. The number of aryl methyl sites for hydroxylation is 1. The molecule has 6 heteroatoms. The van der Waals surface area contributed by atoms with Crippen LogP contribution in [0.15, 0.2) is 72.9 Å². The third kappa shape index (κ3) is 5.22. The predicted octanol–water partition coefficient (Wildman–Crippen LogP) is 3.40. The Labute approximate surface area is 157 Å². The van der Waals surface area contributed by atoms with Crippen molar-refractivity contribution in [2.24, 2.45) is 7.05 Å². The van der Waals surface area contributed by atoms with E-state index in [2.05, 4.69) is 5.32 Å². The molecular weight excluding hydrogens is 344 g/mol. The number of anilines is 1. The first-order chi connectivity index (χ1) is 13.1. The van der Waals surface area contributed by atoms with E-state index in [-0.39, 0.29) is 6.61 Å². The molecule has 3 aromatic rings. The number of ether oxygens (including phenoxy) is 2. The molecule has 0 aliphatic heterocycles. The number of nitrogens with zero attached hydrogens (tertiary/aromatic N) is 1. The van der Waals surface area contributed by atoms with Gasteiger partial charge < -0.3 is 19.4 Å². The highest BCUT2D eigenvalue weighted by atomic mass is 16.5. The Kier molecular flexibility index (Phi) is 5.89. The Morgan fingerprint density at radius 2 is 1.70 bits per heavy atom. The zero-order chi connectivity index (χ0) is 19.1. The lowest BCUT2D eigenvalue weighted by Crippen LogP contribution is -2.21. The first-order valence-corrected chi connectivity index (χ1v) is 8.47. The fourth-order valence-corrected chi connectivity index (χ4v) is 2.45. The van der Waals surface area contributed by atoms with Gasteiger partial charge in [-0.1, -0.05) is 30.3 Å². The molecule has 27 heavy (non-hydrogen) atoms. The van der Waals surface area contributed by atoms with Crippen molar-refractivity contribution in [3.05, 3.63) is 84.2 Å². The molecule has 1 heterocycles. The molecule has 0 saturated heterocycles. The van der Waals surface area contributed by atoms with Crippen LogP contribution < -0.4 is 10.1 Å². The lowest BCUT2D eigenvalue weighted by Gasteiger charge is -2.09. The van der Waals surface area contributed by atoms with Gasteiger partial charge in [-0.15, -0.1) is 0 Å². The molecule has 0 aliphatic rings. The van der Waals surface area contributed by atoms with Crippen molar-refractivity contribution in [3.8, 4) is 5.75 Å². The van der Waals surface area contributed by atoms with Gasteiger partial charge in [0.15, 0.2) is 6.61 Å². The first-order valence-electron chi connectivity index (χ1n) is 8.47. The number of benzene rings is 2. The number of esters is 1. The highest BCUT2D eigenvalue weighted by Crippen LogP contribution is 2.17. The molecule has 1 amide bonds. The normalized spacial score (nSPS) is 10.3.